The van der Waals surface area contributed by atoms with Crippen molar-refractivity contribution in [2.75, 3.05) is 5.32 Å². The number of benzene rings is 1. The Kier molecular flexibility index (Phi) is 4.68. The Hall–Kier alpha value is -2.23. The summed E-state index contributed by atoms with van der Waals surface area (Å²) in [4.78, 5) is 15.4. The molecule has 0 unspecified atom stereocenters. The summed E-state index contributed by atoms with van der Waals surface area (Å²) in [6.07, 6.45) is 0.421. The summed E-state index contributed by atoms with van der Waals surface area (Å²) in [6.45, 7) is 7.89. The molecule has 0 bridgehead atoms. The molecule has 0 fully saturated rings. The van der Waals surface area contributed by atoms with Crippen molar-refractivity contribution in [3.63, 3.8) is 0 Å². The number of ether oxygens (including phenoxy) is 1. The standard InChI is InChI=1S/C17H22N2O2/c1-11(2)21-16-8-6-5-7-15(16)19-17(20)10-14-9-12(3)18-13(14)4/h5-9,11,18H,10H2,1-4H3,(H,19,20). The zero-order chi connectivity index (χ0) is 15.4. The van der Waals surface area contributed by atoms with Gasteiger partial charge < -0.3 is 15.0 Å². The summed E-state index contributed by atoms with van der Waals surface area (Å²) in [7, 11) is 0. The lowest BCUT2D eigenvalue weighted by molar-refractivity contribution is -0.115. The minimum Gasteiger partial charge on any atom is -0.489 e. The van der Waals surface area contributed by atoms with Crippen LogP contribution in [-0.4, -0.2) is 17.0 Å². The number of aromatic nitrogens is 1. The van der Waals surface area contributed by atoms with Crippen molar-refractivity contribution in [2.24, 2.45) is 0 Å². The van der Waals surface area contributed by atoms with Gasteiger partial charge in [-0.05, 0) is 51.5 Å². The Labute approximate surface area is 125 Å². The van der Waals surface area contributed by atoms with Crippen LogP contribution in [0.15, 0.2) is 30.3 Å². The van der Waals surface area contributed by atoms with Gasteiger partial charge in [0.1, 0.15) is 5.75 Å². The Morgan fingerprint density at radius 2 is 2.00 bits per heavy atom. The van der Waals surface area contributed by atoms with E-state index in [2.05, 4.69) is 10.3 Å². The first-order chi connectivity index (χ1) is 9.95. The normalized spacial score (nSPS) is 10.7. The van der Waals surface area contributed by atoms with Gasteiger partial charge in [-0.2, -0.15) is 0 Å². The minimum absolute atomic E-state index is 0.0445. The van der Waals surface area contributed by atoms with Crippen LogP contribution < -0.4 is 10.1 Å². The number of anilines is 1. The number of amides is 1. The number of carbonyl (C=O) groups is 1. The Balaban J connectivity index is 2.07. The molecule has 4 nitrogen and oxygen atoms in total. The van der Waals surface area contributed by atoms with Crippen molar-refractivity contribution < 1.29 is 9.53 Å². The highest BCUT2D eigenvalue weighted by Gasteiger charge is 2.11. The van der Waals surface area contributed by atoms with Crippen LogP contribution >= 0.6 is 0 Å². The fraction of sp³-hybridized carbons (Fsp3) is 0.353. The van der Waals surface area contributed by atoms with Gasteiger partial charge in [-0.3, -0.25) is 4.79 Å². The molecule has 2 aromatic rings. The summed E-state index contributed by atoms with van der Waals surface area (Å²) in [6, 6.07) is 9.50. The molecule has 2 rings (SSSR count). The number of H-pyrrole nitrogens is 1. The largest absolute Gasteiger partial charge is 0.489 e. The van der Waals surface area contributed by atoms with Crippen molar-refractivity contribution in [3.05, 3.63) is 47.3 Å². The molecule has 21 heavy (non-hydrogen) atoms. The molecule has 1 heterocycles. The van der Waals surface area contributed by atoms with E-state index in [1.165, 1.54) is 0 Å². The second-order valence-electron chi connectivity index (χ2n) is 5.49. The average molecular weight is 286 g/mol. The van der Waals surface area contributed by atoms with Gasteiger partial charge in [0, 0.05) is 11.4 Å². The second kappa shape index (κ2) is 6.48. The molecule has 1 amide bonds. The van der Waals surface area contributed by atoms with E-state index in [0.29, 0.717) is 17.9 Å². The number of hydrogen-bond acceptors (Lipinski definition) is 2. The SMILES string of the molecule is Cc1cc(CC(=O)Nc2ccccc2OC(C)C)c(C)[nH]1. The van der Waals surface area contributed by atoms with Gasteiger partial charge in [0.05, 0.1) is 18.2 Å². The molecule has 0 aliphatic heterocycles. The second-order valence-corrected chi connectivity index (χ2v) is 5.49. The van der Waals surface area contributed by atoms with Crippen LogP contribution in [0.4, 0.5) is 5.69 Å². The molecule has 2 N–H and O–H groups in total. The highest BCUT2D eigenvalue weighted by Crippen LogP contribution is 2.25. The van der Waals surface area contributed by atoms with Crippen molar-refractivity contribution in [2.45, 2.75) is 40.2 Å². The Morgan fingerprint density at radius 1 is 1.29 bits per heavy atom. The summed E-state index contributed by atoms with van der Waals surface area (Å²) >= 11 is 0. The fourth-order valence-corrected chi connectivity index (χ4v) is 2.26. The maximum Gasteiger partial charge on any atom is 0.228 e. The van der Waals surface area contributed by atoms with Crippen LogP contribution in [0.1, 0.15) is 30.8 Å². The Morgan fingerprint density at radius 3 is 2.62 bits per heavy atom. The van der Waals surface area contributed by atoms with E-state index in [1.807, 2.05) is 58.0 Å². The van der Waals surface area contributed by atoms with Crippen LogP contribution in [0.3, 0.4) is 0 Å². The number of rotatable bonds is 5. The molecule has 0 spiro atoms. The van der Waals surface area contributed by atoms with Crippen LogP contribution in [0.2, 0.25) is 0 Å². The van der Waals surface area contributed by atoms with Gasteiger partial charge in [0.25, 0.3) is 0 Å². The van der Waals surface area contributed by atoms with Gasteiger partial charge >= 0.3 is 0 Å². The monoisotopic (exact) mass is 286 g/mol. The third-order valence-electron chi connectivity index (χ3n) is 3.13. The van der Waals surface area contributed by atoms with Gasteiger partial charge in [0.2, 0.25) is 5.91 Å². The summed E-state index contributed by atoms with van der Waals surface area (Å²) in [5.74, 6) is 0.653. The molecule has 1 aromatic heterocycles. The van der Waals surface area contributed by atoms with E-state index in [1.54, 1.807) is 0 Å². The molecule has 4 heteroatoms. The predicted molar refractivity (Wildman–Crippen MR) is 84.8 cm³/mol. The summed E-state index contributed by atoms with van der Waals surface area (Å²) in [5, 5.41) is 2.92. The first kappa shape index (κ1) is 15.2. The Bertz CT molecular complexity index is 629. The maximum atomic E-state index is 12.2. The number of hydrogen-bond donors (Lipinski definition) is 2. The van der Waals surface area contributed by atoms with Crippen LogP contribution in [0.25, 0.3) is 0 Å². The van der Waals surface area contributed by atoms with Crippen molar-refractivity contribution in [1.29, 1.82) is 0 Å². The number of para-hydroxylation sites is 2. The van der Waals surface area contributed by atoms with E-state index in [4.69, 9.17) is 4.74 Å². The highest BCUT2D eigenvalue weighted by molar-refractivity contribution is 5.93. The van der Waals surface area contributed by atoms with Crippen molar-refractivity contribution in [3.8, 4) is 5.75 Å². The zero-order valence-corrected chi connectivity index (χ0v) is 13.0. The lowest BCUT2D eigenvalue weighted by Gasteiger charge is -2.14. The van der Waals surface area contributed by atoms with Crippen molar-refractivity contribution in [1.82, 2.24) is 4.98 Å². The first-order valence-corrected chi connectivity index (χ1v) is 7.16. The van der Waals surface area contributed by atoms with E-state index in [-0.39, 0.29) is 12.0 Å². The molecule has 0 aliphatic carbocycles. The molecule has 112 valence electrons. The number of aromatic amines is 1. The van der Waals surface area contributed by atoms with Crippen LogP contribution in [-0.2, 0) is 11.2 Å². The van der Waals surface area contributed by atoms with E-state index in [9.17, 15) is 4.79 Å². The van der Waals surface area contributed by atoms with E-state index < -0.39 is 0 Å². The third kappa shape index (κ3) is 4.12. The predicted octanol–water partition coefficient (Wildman–Crippen LogP) is 3.60. The molecule has 0 saturated heterocycles. The lowest BCUT2D eigenvalue weighted by Crippen LogP contribution is -2.16. The average Bonchev–Trinajstić information content (AvgIpc) is 2.69. The molecule has 0 aliphatic rings. The molecule has 1 aromatic carbocycles. The summed E-state index contributed by atoms with van der Waals surface area (Å²) in [5.41, 5.74) is 3.83. The zero-order valence-electron chi connectivity index (χ0n) is 13.0. The topological polar surface area (TPSA) is 54.1 Å². The van der Waals surface area contributed by atoms with Gasteiger partial charge in [0.15, 0.2) is 0 Å². The maximum absolute atomic E-state index is 12.2. The van der Waals surface area contributed by atoms with Crippen LogP contribution in [0.5, 0.6) is 5.75 Å². The smallest absolute Gasteiger partial charge is 0.228 e. The number of carbonyl (C=O) groups excluding carboxylic acids is 1. The summed E-state index contributed by atoms with van der Waals surface area (Å²) < 4.78 is 5.70. The van der Waals surface area contributed by atoms with Gasteiger partial charge in [-0.1, -0.05) is 12.1 Å². The number of nitrogens with one attached hydrogen (secondary N) is 2. The highest BCUT2D eigenvalue weighted by atomic mass is 16.5. The molecule has 0 radical (unpaired) electrons. The van der Waals surface area contributed by atoms with Crippen LogP contribution in [0, 0.1) is 13.8 Å². The van der Waals surface area contributed by atoms with E-state index in [0.717, 1.165) is 17.0 Å². The minimum atomic E-state index is -0.0445. The first-order valence-electron chi connectivity index (χ1n) is 7.16. The lowest BCUT2D eigenvalue weighted by atomic mass is 10.1. The molecular formula is C17H22N2O2. The van der Waals surface area contributed by atoms with E-state index >= 15 is 0 Å². The quantitative estimate of drug-likeness (QED) is 0.882. The van der Waals surface area contributed by atoms with Gasteiger partial charge in [-0.25, -0.2) is 0 Å². The number of aryl methyl sites for hydroxylation is 2. The molecule has 0 saturated carbocycles. The molecular weight excluding hydrogens is 264 g/mol. The van der Waals surface area contributed by atoms with Crippen molar-refractivity contribution >= 4 is 11.6 Å². The third-order valence-corrected chi connectivity index (χ3v) is 3.13. The van der Waals surface area contributed by atoms with Gasteiger partial charge in [-0.15, -0.1) is 0 Å². The fourth-order valence-electron chi connectivity index (χ4n) is 2.26. The molecule has 0 atom stereocenters.